The Morgan fingerprint density at radius 3 is 2.21 bits per heavy atom. The van der Waals surface area contributed by atoms with Crippen LogP contribution in [0.4, 0.5) is 5.69 Å². The molecule has 2 bridgehead atoms. The highest BCUT2D eigenvalue weighted by atomic mass is 16.5. The maximum absolute atomic E-state index is 13.2. The molecule has 6 rings (SSSR count). The number of hydrogen-bond acceptors (Lipinski definition) is 6. The second-order valence-electron chi connectivity index (χ2n) is 11.8. The number of carbonyl (C=O) groups is 4. The van der Waals surface area contributed by atoms with Crippen molar-refractivity contribution >= 4 is 40.2 Å². The van der Waals surface area contributed by atoms with E-state index in [9.17, 15) is 19.2 Å². The van der Waals surface area contributed by atoms with Gasteiger partial charge in [0.1, 0.15) is 0 Å². The molecule has 0 spiro atoms. The zero-order valence-electron chi connectivity index (χ0n) is 21.8. The largest absolute Gasteiger partial charge is 0.454 e. The minimum absolute atomic E-state index is 0.0707. The molecule has 0 N–H and O–H groups in total. The number of para-hydroxylation sites is 1. The molecule has 7 heteroatoms. The molecule has 3 aromatic rings. The van der Waals surface area contributed by atoms with Crippen LogP contribution in [0.3, 0.4) is 0 Å². The quantitative estimate of drug-likeness (QED) is 0.346. The predicted molar refractivity (Wildman–Crippen MR) is 142 cm³/mol. The summed E-state index contributed by atoms with van der Waals surface area (Å²) in [6, 6.07) is 16.1. The van der Waals surface area contributed by atoms with E-state index in [-0.39, 0.29) is 36.0 Å². The summed E-state index contributed by atoms with van der Waals surface area (Å²) in [5, 5.41) is 0.635. The van der Waals surface area contributed by atoms with Gasteiger partial charge < -0.3 is 4.74 Å². The number of nitrogens with zero attached hydrogens (tertiary/aromatic N) is 2. The predicted octanol–water partition coefficient (Wildman–Crippen LogP) is 5.21. The third-order valence-corrected chi connectivity index (χ3v) is 8.46. The number of fused-ring (bicyclic) bond motifs is 6. The van der Waals surface area contributed by atoms with Crippen molar-refractivity contribution in [2.24, 2.45) is 29.1 Å². The fraction of sp³-hybridized carbons (Fsp3) is 0.387. The van der Waals surface area contributed by atoms with E-state index in [2.05, 4.69) is 0 Å². The van der Waals surface area contributed by atoms with Gasteiger partial charge in [0.05, 0.1) is 34.3 Å². The van der Waals surface area contributed by atoms with Crippen molar-refractivity contribution in [2.75, 3.05) is 11.5 Å². The molecule has 7 nitrogen and oxygen atoms in total. The minimum Gasteiger partial charge on any atom is -0.454 e. The van der Waals surface area contributed by atoms with Crippen LogP contribution in [0.1, 0.15) is 50.4 Å². The van der Waals surface area contributed by atoms with Crippen molar-refractivity contribution in [3.8, 4) is 11.3 Å². The van der Waals surface area contributed by atoms with Gasteiger partial charge in [-0.3, -0.25) is 19.3 Å². The first-order valence-electron chi connectivity index (χ1n) is 13.2. The summed E-state index contributed by atoms with van der Waals surface area (Å²) in [4.78, 5) is 57.8. The molecule has 0 unspecified atom stereocenters. The number of pyridine rings is 1. The second-order valence-corrected chi connectivity index (χ2v) is 11.8. The van der Waals surface area contributed by atoms with E-state index in [1.807, 2.05) is 30.3 Å². The first kappa shape index (κ1) is 24.5. The monoisotopic (exact) mass is 510 g/mol. The Kier molecular flexibility index (Phi) is 5.70. The van der Waals surface area contributed by atoms with Gasteiger partial charge in [-0.15, -0.1) is 0 Å². The summed E-state index contributed by atoms with van der Waals surface area (Å²) in [5.41, 5.74) is 2.20. The zero-order valence-corrected chi connectivity index (χ0v) is 21.8. The normalized spacial score (nSPS) is 24.2. The fourth-order valence-corrected chi connectivity index (χ4v) is 6.36. The third kappa shape index (κ3) is 3.92. The van der Waals surface area contributed by atoms with E-state index in [1.165, 1.54) is 4.90 Å². The molecular weight excluding hydrogens is 480 g/mol. The SMILES string of the molecule is CC(C)(C)C(=O)COC(=O)c1cc(-c2ccc(N3C(=O)[C@@H]4[C@@H]5CC[C@@H](C5)[C@@H]4C3=O)cc2)nc2ccccc12. The van der Waals surface area contributed by atoms with Gasteiger partial charge in [0, 0.05) is 16.4 Å². The standard InChI is InChI=1S/C31H30N2O5/c1-31(2,3)25(34)16-38-30(37)22-15-24(32-23-7-5-4-6-21(22)23)17-10-12-20(13-11-17)33-28(35)26-18-8-9-19(14-18)27(26)29(33)36/h4-7,10-13,15,18-19,26-27H,8-9,14,16H2,1-3H3/t18-,19+,26-,27+. The smallest absolute Gasteiger partial charge is 0.339 e. The number of rotatable bonds is 5. The number of ether oxygens (including phenoxy) is 1. The van der Waals surface area contributed by atoms with Crippen LogP contribution >= 0.6 is 0 Å². The van der Waals surface area contributed by atoms with Crippen LogP contribution in [0, 0.1) is 29.1 Å². The highest BCUT2D eigenvalue weighted by molar-refractivity contribution is 6.22. The van der Waals surface area contributed by atoms with Crippen molar-refractivity contribution in [1.29, 1.82) is 0 Å². The van der Waals surface area contributed by atoms with Gasteiger partial charge in [0.15, 0.2) is 12.4 Å². The van der Waals surface area contributed by atoms with E-state index in [4.69, 9.17) is 9.72 Å². The molecule has 2 heterocycles. The van der Waals surface area contributed by atoms with Gasteiger partial charge in [0.2, 0.25) is 11.8 Å². The Labute approximate surface area is 221 Å². The molecule has 1 aliphatic heterocycles. The summed E-state index contributed by atoms with van der Waals surface area (Å²) in [7, 11) is 0. The molecule has 1 aromatic heterocycles. The zero-order chi connectivity index (χ0) is 26.8. The average Bonchev–Trinajstić information content (AvgIpc) is 3.59. The maximum Gasteiger partial charge on any atom is 0.339 e. The summed E-state index contributed by atoms with van der Waals surface area (Å²) < 4.78 is 5.39. The summed E-state index contributed by atoms with van der Waals surface area (Å²) in [5.74, 6) is -0.550. The Morgan fingerprint density at radius 2 is 1.58 bits per heavy atom. The summed E-state index contributed by atoms with van der Waals surface area (Å²) in [6.07, 6.45) is 3.09. The lowest BCUT2D eigenvalue weighted by atomic mass is 9.81. The van der Waals surface area contributed by atoms with Crippen molar-refractivity contribution in [3.63, 3.8) is 0 Å². The Bertz CT molecular complexity index is 1460. The lowest BCUT2D eigenvalue weighted by Crippen LogP contribution is -2.32. The number of aromatic nitrogens is 1. The van der Waals surface area contributed by atoms with E-state index < -0.39 is 11.4 Å². The molecule has 2 aliphatic carbocycles. The topological polar surface area (TPSA) is 93.6 Å². The van der Waals surface area contributed by atoms with Gasteiger partial charge in [-0.1, -0.05) is 51.1 Å². The molecule has 38 heavy (non-hydrogen) atoms. The number of carbonyl (C=O) groups excluding carboxylic acids is 4. The van der Waals surface area contributed by atoms with E-state index in [0.717, 1.165) is 24.8 Å². The molecule has 2 saturated carbocycles. The number of anilines is 1. The Morgan fingerprint density at radius 1 is 0.947 bits per heavy atom. The van der Waals surface area contributed by atoms with Crippen LogP contribution < -0.4 is 4.90 Å². The lowest BCUT2D eigenvalue weighted by molar-refractivity contribution is -0.129. The van der Waals surface area contributed by atoms with Crippen molar-refractivity contribution < 1.29 is 23.9 Å². The van der Waals surface area contributed by atoms with Crippen molar-refractivity contribution in [1.82, 2.24) is 4.98 Å². The maximum atomic E-state index is 13.2. The average molecular weight is 511 g/mol. The number of imide groups is 1. The first-order chi connectivity index (χ1) is 18.1. The van der Waals surface area contributed by atoms with Crippen molar-refractivity contribution in [3.05, 3.63) is 60.2 Å². The Hall–Kier alpha value is -3.87. The number of hydrogen-bond donors (Lipinski definition) is 0. The Balaban J connectivity index is 1.29. The minimum atomic E-state index is -0.607. The molecular formula is C31H30N2O5. The molecule has 1 saturated heterocycles. The number of esters is 1. The van der Waals surface area contributed by atoms with Crippen LogP contribution in [0.25, 0.3) is 22.2 Å². The van der Waals surface area contributed by atoms with Crippen LogP contribution in [-0.2, 0) is 19.1 Å². The lowest BCUT2D eigenvalue weighted by Gasteiger charge is -2.19. The van der Waals surface area contributed by atoms with Crippen LogP contribution in [0.5, 0.6) is 0 Å². The van der Waals surface area contributed by atoms with E-state index in [0.29, 0.717) is 39.7 Å². The number of Topliss-reactive ketones (excluding diaryl/α,β-unsaturated/α-hetero) is 1. The van der Waals surface area contributed by atoms with Crippen LogP contribution in [0.2, 0.25) is 0 Å². The fourth-order valence-electron chi connectivity index (χ4n) is 6.36. The van der Waals surface area contributed by atoms with E-state index >= 15 is 0 Å². The van der Waals surface area contributed by atoms with Gasteiger partial charge in [-0.05, 0) is 55.4 Å². The number of amides is 2. The molecule has 4 atom stereocenters. The van der Waals surface area contributed by atoms with Crippen LogP contribution in [-0.4, -0.2) is 35.2 Å². The summed E-state index contributed by atoms with van der Waals surface area (Å²) >= 11 is 0. The summed E-state index contributed by atoms with van der Waals surface area (Å²) in [6.45, 7) is 5.05. The molecule has 2 amide bonds. The number of benzene rings is 2. The molecule has 3 fully saturated rings. The molecule has 194 valence electrons. The third-order valence-electron chi connectivity index (χ3n) is 8.46. The highest BCUT2D eigenvalue weighted by Gasteiger charge is 2.61. The van der Waals surface area contributed by atoms with Gasteiger partial charge in [-0.2, -0.15) is 0 Å². The molecule has 0 radical (unpaired) electrons. The van der Waals surface area contributed by atoms with Crippen molar-refractivity contribution in [2.45, 2.75) is 40.0 Å². The van der Waals surface area contributed by atoms with E-state index in [1.54, 1.807) is 45.0 Å². The highest BCUT2D eigenvalue weighted by Crippen LogP contribution is 2.56. The molecule has 3 aliphatic rings. The van der Waals surface area contributed by atoms with Crippen LogP contribution in [0.15, 0.2) is 54.6 Å². The van der Waals surface area contributed by atoms with Gasteiger partial charge in [-0.25, -0.2) is 9.78 Å². The van der Waals surface area contributed by atoms with Gasteiger partial charge >= 0.3 is 5.97 Å². The second kappa shape index (κ2) is 8.86. The van der Waals surface area contributed by atoms with Gasteiger partial charge in [0.25, 0.3) is 0 Å². The number of ketones is 1. The first-order valence-corrected chi connectivity index (χ1v) is 13.2. The molecule has 2 aromatic carbocycles.